The second kappa shape index (κ2) is 8.62. The predicted molar refractivity (Wildman–Crippen MR) is 84.0 cm³/mol. The lowest BCUT2D eigenvalue weighted by Crippen LogP contribution is -2.07. The van der Waals surface area contributed by atoms with E-state index in [0.29, 0.717) is 36.4 Å². The highest BCUT2D eigenvalue weighted by molar-refractivity contribution is 5.27. The van der Waals surface area contributed by atoms with Crippen LogP contribution in [0.5, 0.6) is 5.75 Å². The van der Waals surface area contributed by atoms with Crippen molar-refractivity contribution >= 4 is 0 Å². The van der Waals surface area contributed by atoms with Crippen LogP contribution in [0.3, 0.4) is 0 Å². The topological polar surface area (TPSA) is 57.4 Å². The van der Waals surface area contributed by atoms with Crippen LogP contribution < -0.4 is 4.74 Å². The molecule has 0 aliphatic rings. The van der Waals surface area contributed by atoms with Crippen molar-refractivity contribution in [1.82, 2.24) is 10.1 Å². The lowest BCUT2D eigenvalue weighted by Gasteiger charge is -2.10. The molecule has 1 atom stereocenters. The van der Waals surface area contributed by atoms with Crippen LogP contribution in [0.4, 0.5) is 4.39 Å². The summed E-state index contributed by atoms with van der Waals surface area (Å²) in [5.74, 6) is 2.04. The van der Waals surface area contributed by atoms with Gasteiger partial charge in [0.2, 0.25) is 0 Å². The molecule has 0 spiro atoms. The van der Waals surface area contributed by atoms with Crippen LogP contribution in [0.1, 0.15) is 44.2 Å². The van der Waals surface area contributed by atoms with Gasteiger partial charge < -0.3 is 14.0 Å². The minimum atomic E-state index is -0.359. The molecule has 1 heterocycles. The first kappa shape index (κ1) is 17.4. The molecule has 5 nitrogen and oxygen atoms in total. The van der Waals surface area contributed by atoms with Crippen molar-refractivity contribution in [2.45, 2.75) is 39.9 Å². The van der Waals surface area contributed by atoms with Gasteiger partial charge in [0, 0.05) is 13.0 Å². The molecular weight excluding hydrogens is 299 g/mol. The van der Waals surface area contributed by atoms with Gasteiger partial charge in [-0.15, -0.1) is 0 Å². The average molecular weight is 322 g/mol. The first-order valence-electron chi connectivity index (χ1n) is 7.80. The largest absolute Gasteiger partial charge is 0.484 e. The maximum atomic E-state index is 12.2. The fraction of sp³-hybridized carbons (Fsp3) is 0.529. The van der Waals surface area contributed by atoms with Crippen molar-refractivity contribution in [1.29, 1.82) is 0 Å². The second-order valence-corrected chi connectivity index (χ2v) is 5.79. The lowest BCUT2D eigenvalue weighted by atomic mass is 10.2. The summed E-state index contributed by atoms with van der Waals surface area (Å²) >= 11 is 0. The van der Waals surface area contributed by atoms with E-state index in [4.69, 9.17) is 14.0 Å². The molecule has 2 aromatic rings. The van der Waals surface area contributed by atoms with Gasteiger partial charge in [-0.1, -0.05) is 31.1 Å². The highest BCUT2D eigenvalue weighted by Gasteiger charge is 2.15. The minimum absolute atomic E-state index is 0.187. The van der Waals surface area contributed by atoms with Gasteiger partial charge in [-0.3, -0.25) is 4.39 Å². The van der Waals surface area contributed by atoms with E-state index in [1.54, 1.807) is 12.1 Å². The molecule has 2 rings (SSSR count). The van der Waals surface area contributed by atoms with Gasteiger partial charge in [0.15, 0.2) is 12.4 Å². The average Bonchev–Trinajstić information content (AvgIpc) is 3.01. The van der Waals surface area contributed by atoms with Gasteiger partial charge in [-0.2, -0.15) is 4.98 Å². The van der Waals surface area contributed by atoms with Crippen LogP contribution in [-0.4, -0.2) is 23.4 Å². The molecular formula is C17H23FN2O3. The van der Waals surface area contributed by atoms with Gasteiger partial charge >= 0.3 is 0 Å². The number of aromatic nitrogens is 2. The number of hydrogen-bond donors (Lipinski definition) is 0. The fourth-order valence-electron chi connectivity index (χ4n) is 1.91. The SMILES string of the molecule is CC(C)COC(C)c1noc(COc2ccc(CCF)cc2)n1. The Hall–Kier alpha value is -1.95. The molecule has 0 N–H and O–H groups in total. The smallest absolute Gasteiger partial charge is 0.264 e. The van der Waals surface area contributed by atoms with Gasteiger partial charge in [-0.25, -0.2) is 0 Å². The number of hydrogen-bond acceptors (Lipinski definition) is 5. The van der Waals surface area contributed by atoms with Crippen molar-refractivity contribution in [3.05, 3.63) is 41.5 Å². The fourth-order valence-corrected chi connectivity index (χ4v) is 1.91. The van der Waals surface area contributed by atoms with E-state index in [2.05, 4.69) is 24.0 Å². The first-order valence-corrected chi connectivity index (χ1v) is 7.80. The molecule has 126 valence electrons. The van der Waals surface area contributed by atoms with E-state index < -0.39 is 0 Å². The van der Waals surface area contributed by atoms with Crippen LogP contribution >= 0.6 is 0 Å². The van der Waals surface area contributed by atoms with Crippen molar-refractivity contribution in [3.8, 4) is 5.75 Å². The number of alkyl halides is 1. The number of ether oxygens (including phenoxy) is 2. The van der Waals surface area contributed by atoms with Crippen molar-refractivity contribution in [2.24, 2.45) is 5.92 Å². The third-order valence-corrected chi connectivity index (χ3v) is 3.20. The number of rotatable bonds is 9. The van der Waals surface area contributed by atoms with Crippen LogP contribution in [-0.2, 0) is 17.8 Å². The zero-order chi connectivity index (χ0) is 16.7. The highest BCUT2D eigenvalue weighted by atomic mass is 19.1. The van der Waals surface area contributed by atoms with E-state index in [1.165, 1.54) is 0 Å². The maximum Gasteiger partial charge on any atom is 0.264 e. The second-order valence-electron chi connectivity index (χ2n) is 5.79. The van der Waals surface area contributed by atoms with Crippen molar-refractivity contribution in [2.75, 3.05) is 13.3 Å². The Morgan fingerprint density at radius 1 is 1.17 bits per heavy atom. The molecule has 0 amide bonds. The summed E-state index contributed by atoms with van der Waals surface area (Å²) in [6.45, 7) is 6.53. The molecule has 0 fully saturated rings. The minimum Gasteiger partial charge on any atom is -0.484 e. The molecule has 1 unspecified atom stereocenters. The summed E-state index contributed by atoms with van der Waals surface area (Å²) in [7, 11) is 0. The molecule has 0 saturated heterocycles. The van der Waals surface area contributed by atoms with E-state index in [-0.39, 0.29) is 19.4 Å². The van der Waals surface area contributed by atoms with Crippen molar-refractivity contribution < 1.29 is 18.4 Å². The molecule has 0 saturated carbocycles. The van der Waals surface area contributed by atoms with Crippen molar-refractivity contribution in [3.63, 3.8) is 0 Å². The van der Waals surface area contributed by atoms with Gasteiger partial charge in [0.25, 0.3) is 5.89 Å². The molecule has 1 aromatic carbocycles. The molecule has 23 heavy (non-hydrogen) atoms. The van der Waals surface area contributed by atoms with Crippen LogP contribution in [0, 0.1) is 5.92 Å². The first-order chi connectivity index (χ1) is 11.1. The number of halogens is 1. The highest BCUT2D eigenvalue weighted by Crippen LogP contribution is 2.17. The number of nitrogens with zero attached hydrogens (tertiary/aromatic N) is 2. The zero-order valence-corrected chi connectivity index (χ0v) is 13.8. The number of aryl methyl sites for hydroxylation is 1. The summed E-state index contributed by atoms with van der Waals surface area (Å²) in [6, 6.07) is 7.29. The summed E-state index contributed by atoms with van der Waals surface area (Å²) < 4.78 is 28.6. The predicted octanol–water partition coefficient (Wildman–Crippen LogP) is 3.89. The van der Waals surface area contributed by atoms with Gasteiger partial charge in [-0.05, 0) is 30.5 Å². The Morgan fingerprint density at radius 2 is 1.91 bits per heavy atom. The van der Waals surface area contributed by atoms with E-state index in [9.17, 15) is 4.39 Å². The molecule has 0 aliphatic carbocycles. The molecule has 0 radical (unpaired) electrons. The Bertz CT molecular complexity index is 584. The zero-order valence-electron chi connectivity index (χ0n) is 13.8. The lowest BCUT2D eigenvalue weighted by molar-refractivity contribution is 0.0402. The third kappa shape index (κ3) is 5.63. The molecule has 0 bridgehead atoms. The van der Waals surface area contributed by atoms with Gasteiger partial charge in [0.05, 0.1) is 6.67 Å². The summed E-state index contributed by atoms with van der Waals surface area (Å²) in [6.07, 6.45) is 0.205. The van der Waals surface area contributed by atoms with Gasteiger partial charge in [0.1, 0.15) is 11.9 Å². The molecule has 0 aliphatic heterocycles. The normalized spacial score (nSPS) is 12.6. The maximum absolute atomic E-state index is 12.2. The number of benzene rings is 1. The Balaban J connectivity index is 1.84. The monoisotopic (exact) mass is 322 g/mol. The Morgan fingerprint density at radius 3 is 2.57 bits per heavy atom. The molecule has 6 heteroatoms. The quantitative estimate of drug-likeness (QED) is 0.701. The van der Waals surface area contributed by atoms with E-state index >= 15 is 0 Å². The standard InChI is InChI=1S/C17H23FN2O3/c1-12(2)10-21-13(3)17-19-16(23-20-17)11-22-15-6-4-14(5-7-15)8-9-18/h4-7,12-13H,8-11H2,1-3H3. The van der Waals surface area contributed by atoms with Crippen LogP contribution in [0.2, 0.25) is 0 Å². The Kier molecular flexibility index (Phi) is 6.52. The van der Waals surface area contributed by atoms with E-state index in [0.717, 1.165) is 5.56 Å². The van der Waals surface area contributed by atoms with Crippen LogP contribution in [0.25, 0.3) is 0 Å². The third-order valence-electron chi connectivity index (χ3n) is 3.20. The summed E-state index contributed by atoms with van der Waals surface area (Å²) in [5.41, 5.74) is 0.941. The van der Waals surface area contributed by atoms with E-state index in [1.807, 2.05) is 19.1 Å². The summed E-state index contributed by atoms with van der Waals surface area (Å²) in [4.78, 5) is 4.27. The summed E-state index contributed by atoms with van der Waals surface area (Å²) in [5, 5.41) is 3.91. The Labute approximate surface area is 135 Å². The van der Waals surface area contributed by atoms with Crippen LogP contribution in [0.15, 0.2) is 28.8 Å². The molecule has 1 aromatic heterocycles.